The minimum absolute atomic E-state index is 0.113. The molecule has 0 saturated carbocycles. The van der Waals surface area contributed by atoms with Gasteiger partial charge in [-0.05, 0) is 32.0 Å². The van der Waals surface area contributed by atoms with Crippen molar-refractivity contribution < 1.29 is 14.6 Å². The molecular formula is C11H13ClO3. The summed E-state index contributed by atoms with van der Waals surface area (Å²) in [6.45, 7) is 3.21. The van der Waals surface area contributed by atoms with Crippen LogP contribution in [0.2, 0.25) is 5.02 Å². The van der Waals surface area contributed by atoms with E-state index in [0.717, 1.165) is 0 Å². The van der Waals surface area contributed by atoms with Gasteiger partial charge in [0.15, 0.2) is 5.78 Å². The number of ether oxygens (including phenoxy) is 1. The Bertz CT molecular complexity index is 361. The van der Waals surface area contributed by atoms with E-state index in [0.29, 0.717) is 16.3 Å². The van der Waals surface area contributed by atoms with Crippen LogP contribution in [0, 0.1) is 0 Å². The number of halogens is 1. The maximum atomic E-state index is 11.3. The van der Waals surface area contributed by atoms with Gasteiger partial charge >= 0.3 is 0 Å². The minimum Gasteiger partial charge on any atom is -0.490 e. The summed E-state index contributed by atoms with van der Waals surface area (Å²) in [7, 11) is 0. The molecule has 0 fully saturated rings. The molecule has 1 N–H and O–H groups in total. The molecule has 0 bridgehead atoms. The Morgan fingerprint density at radius 2 is 2.27 bits per heavy atom. The van der Waals surface area contributed by atoms with Crippen LogP contribution in [0.5, 0.6) is 5.75 Å². The zero-order valence-corrected chi connectivity index (χ0v) is 9.41. The van der Waals surface area contributed by atoms with Gasteiger partial charge < -0.3 is 9.84 Å². The first-order valence-electron chi connectivity index (χ1n) is 4.62. The maximum absolute atomic E-state index is 11.3. The molecule has 0 aliphatic heterocycles. The summed E-state index contributed by atoms with van der Waals surface area (Å²) < 4.78 is 5.29. The smallest absolute Gasteiger partial charge is 0.163 e. The van der Waals surface area contributed by atoms with Gasteiger partial charge in [0.2, 0.25) is 0 Å². The number of aliphatic hydroxyl groups excluding tert-OH is 1. The van der Waals surface area contributed by atoms with Crippen LogP contribution in [0.4, 0.5) is 0 Å². The van der Waals surface area contributed by atoms with Crippen molar-refractivity contribution in [1.29, 1.82) is 0 Å². The molecule has 0 heterocycles. The molecule has 82 valence electrons. The third-order valence-corrected chi connectivity index (χ3v) is 2.04. The summed E-state index contributed by atoms with van der Waals surface area (Å²) in [5.74, 6) is 0.339. The number of aliphatic hydroxyl groups is 1. The molecule has 1 aromatic carbocycles. The molecule has 4 heteroatoms. The molecule has 0 amide bonds. The predicted octanol–water partition coefficient (Wildman–Crippen LogP) is 2.30. The van der Waals surface area contributed by atoms with E-state index in [-0.39, 0.29) is 12.4 Å². The molecule has 15 heavy (non-hydrogen) atoms. The van der Waals surface area contributed by atoms with E-state index in [2.05, 4.69) is 0 Å². The Morgan fingerprint density at radius 1 is 1.60 bits per heavy atom. The fourth-order valence-electron chi connectivity index (χ4n) is 1.11. The van der Waals surface area contributed by atoms with Crippen LogP contribution in [0.3, 0.4) is 0 Å². The average molecular weight is 229 g/mol. The summed E-state index contributed by atoms with van der Waals surface area (Å²) in [4.78, 5) is 11.3. The molecule has 0 spiro atoms. The van der Waals surface area contributed by atoms with Gasteiger partial charge in [-0.2, -0.15) is 0 Å². The summed E-state index contributed by atoms with van der Waals surface area (Å²) in [6, 6.07) is 4.83. The SMILES string of the molecule is CC(=O)c1cc(Cl)ccc1OCC(C)O. The average Bonchev–Trinajstić information content (AvgIpc) is 2.15. The highest BCUT2D eigenvalue weighted by atomic mass is 35.5. The van der Waals surface area contributed by atoms with Gasteiger partial charge in [-0.25, -0.2) is 0 Å². The molecule has 0 aliphatic rings. The fourth-order valence-corrected chi connectivity index (χ4v) is 1.29. The lowest BCUT2D eigenvalue weighted by atomic mass is 10.1. The third kappa shape index (κ3) is 3.53. The summed E-state index contributed by atoms with van der Waals surface area (Å²) in [6.07, 6.45) is -0.569. The lowest BCUT2D eigenvalue weighted by Crippen LogP contribution is -2.14. The number of hydrogen-bond donors (Lipinski definition) is 1. The van der Waals surface area contributed by atoms with Crippen molar-refractivity contribution in [3.63, 3.8) is 0 Å². The van der Waals surface area contributed by atoms with Crippen LogP contribution in [0.15, 0.2) is 18.2 Å². The van der Waals surface area contributed by atoms with Gasteiger partial charge in [0.05, 0.1) is 11.7 Å². The second-order valence-corrected chi connectivity index (χ2v) is 3.79. The standard InChI is InChI=1S/C11H13ClO3/c1-7(13)6-15-11-4-3-9(12)5-10(11)8(2)14/h3-5,7,13H,6H2,1-2H3. The molecule has 0 radical (unpaired) electrons. The molecule has 1 aromatic rings. The Hall–Kier alpha value is -1.06. The molecule has 1 atom stereocenters. The summed E-state index contributed by atoms with van der Waals surface area (Å²) in [5, 5.41) is 9.55. The fraction of sp³-hybridized carbons (Fsp3) is 0.364. The van der Waals surface area contributed by atoms with Gasteiger partial charge in [0, 0.05) is 5.02 Å². The number of ketones is 1. The van der Waals surface area contributed by atoms with Gasteiger partial charge in [-0.3, -0.25) is 4.79 Å². The Morgan fingerprint density at radius 3 is 2.80 bits per heavy atom. The lowest BCUT2D eigenvalue weighted by molar-refractivity contribution is 0.0995. The summed E-state index contributed by atoms with van der Waals surface area (Å²) >= 11 is 5.77. The number of carbonyl (C=O) groups excluding carboxylic acids is 1. The number of carbonyl (C=O) groups is 1. The monoisotopic (exact) mass is 228 g/mol. The second-order valence-electron chi connectivity index (χ2n) is 3.36. The largest absolute Gasteiger partial charge is 0.490 e. The molecular weight excluding hydrogens is 216 g/mol. The van der Waals surface area contributed by atoms with Gasteiger partial charge in [-0.15, -0.1) is 0 Å². The van der Waals surface area contributed by atoms with E-state index >= 15 is 0 Å². The van der Waals surface area contributed by atoms with Crippen LogP contribution in [0.25, 0.3) is 0 Å². The molecule has 0 saturated heterocycles. The van der Waals surface area contributed by atoms with Crippen LogP contribution in [-0.4, -0.2) is 23.6 Å². The Labute approximate surface area is 93.6 Å². The molecule has 0 aliphatic carbocycles. The van der Waals surface area contributed by atoms with E-state index in [9.17, 15) is 4.79 Å². The third-order valence-electron chi connectivity index (χ3n) is 1.80. The molecule has 0 aromatic heterocycles. The van der Waals surface area contributed by atoms with Crippen molar-refractivity contribution in [2.24, 2.45) is 0 Å². The van der Waals surface area contributed by atoms with Gasteiger partial charge in [-0.1, -0.05) is 11.6 Å². The highest BCUT2D eigenvalue weighted by Crippen LogP contribution is 2.23. The number of rotatable bonds is 4. The first kappa shape index (κ1) is 12.0. The van der Waals surface area contributed by atoms with Crippen LogP contribution < -0.4 is 4.74 Å². The van der Waals surface area contributed by atoms with Crippen molar-refractivity contribution in [1.82, 2.24) is 0 Å². The number of benzene rings is 1. The van der Waals surface area contributed by atoms with Crippen molar-refractivity contribution in [3.05, 3.63) is 28.8 Å². The predicted molar refractivity (Wildman–Crippen MR) is 58.6 cm³/mol. The quantitative estimate of drug-likeness (QED) is 0.805. The normalized spacial score (nSPS) is 12.3. The molecule has 1 unspecified atom stereocenters. The lowest BCUT2D eigenvalue weighted by Gasteiger charge is -2.11. The van der Waals surface area contributed by atoms with E-state index in [1.165, 1.54) is 6.92 Å². The van der Waals surface area contributed by atoms with Crippen LogP contribution in [-0.2, 0) is 0 Å². The van der Waals surface area contributed by atoms with Crippen molar-refractivity contribution in [3.8, 4) is 5.75 Å². The van der Waals surface area contributed by atoms with Crippen molar-refractivity contribution >= 4 is 17.4 Å². The van der Waals surface area contributed by atoms with Gasteiger partial charge in [0.25, 0.3) is 0 Å². The zero-order chi connectivity index (χ0) is 11.4. The molecule has 1 rings (SSSR count). The minimum atomic E-state index is -0.569. The van der Waals surface area contributed by atoms with Crippen LogP contribution in [0.1, 0.15) is 24.2 Å². The van der Waals surface area contributed by atoms with Crippen LogP contribution >= 0.6 is 11.6 Å². The van der Waals surface area contributed by atoms with Crippen molar-refractivity contribution in [2.75, 3.05) is 6.61 Å². The highest BCUT2D eigenvalue weighted by Gasteiger charge is 2.09. The first-order valence-corrected chi connectivity index (χ1v) is 5.00. The van der Waals surface area contributed by atoms with E-state index in [1.807, 2.05) is 0 Å². The van der Waals surface area contributed by atoms with E-state index in [4.69, 9.17) is 21.4 Å². The van der Waals surface area contributed by atoms with Gasteiger partial charge in [0.1, 0.15) is 12.4 Å². The Kier molecular flexibility index (Phi) is 4.12. The Balaban J connectivity index is 2.91. The number of hydrogen-bond acceptors (Lipinski definition) is 3. The molecule has 3 nitrogen and oxygen atoms in total. The maximum Gasteiger partial charge on any atom is 0.163 e. The topological polar surface area (TPSA) is 46.5 Å². The van der Waals surface area contributed by atoms with E-state index in [1.54, 1.807) is 25.1 Å². The zero-order valence-electron chi connectivity index (χ0n) is 8.66. The summed E-state index contributed by atoms with van der Waals surface area (Å²) in [5.41, 5.74) is 0.433. The second kappa shape index (κ2) is 5.14. The highest BCUT2D eigenvalue weighted by molar-refractivity contribution is 6.31. The van der Waals surface area contributed by atoms with E-state index < -0.39 is 6.10 Å². The first-order chi connectivity index (χ1) is 7.00. The number of Topliss-reactive ketones (excluding diaryl/α,β-unsaturated/α-hetero) is 1. The van der Waals surface area contributed by atoms with Crippen molar-refractivity contribution in [2.45, 2.75) is 20.0 Å².